The van der Waals surface area contributed by atoms with Crippen molar-refractivity contribution in [3.63, 3.8) is 0 Å². The highest BCUT2D eigenvalue weighted by atomic mass is 79.9. The van der Waals surface area contributed by atoms with Gasteiger partial charge in [0.15, 0.2) is 5.78 Å². The van der Waals surface area contributed by atoms with Gasteiger partial charge in [-0.25, -0.2) is 0 Å². The number of hydrogen-bond donors (Lipinski definition) is 1. The maximum Gasteiger partial charge on any atom is 0.264 e. The molecule has 0 atom stereocenters. The number of H-pyrrole nitrogens is 1. The first-order valence-corrected chi connectivity index (χ1v) is 8.54. The minimum Gasteiger partial charge on any atom is -0.419 e. The number of hydrogen-bond acceptors (Lipinski definition) is 4. The number of halogens is 1. The molecule has 3 aromatic rings. The lowest BCUT2D eigenvalue weighted by Gasteiger charge is -2.05. The van der Waals surface area contributed by atoms with Crippen molar-refractivity contribution in [3.8, 4) is 11.6 Å². The molecule has 0 spiro atoms. The number of aromatic nitrogens is 3. The minimum atomic E-state index is -0.0246. The molecule has 0 bridgehead atoms. The quantitative estimate of drug-likeness (QED) is 0.666. The Hall–Kier alpha value is -2.21. The molecular formula is C18H18BrN3O2. The minimum absolute atomic E-state index is 0.0246. The fraction of sp³-hybridized carbons (Fsp3) is 0.278. The van der Waals surface area contributed by atoms with Gasteiger partial charge in [0.2, 0.25) is 5.89 Å². The smallest absolute Gasteiger partial charge is 0.264 e. The average molecular weight is 388 g/mol. The van der Waals surface area contributed by atoms with Gasteiger partial charge in [0.25, 0.3) is 5.89 Å². The Labute approximate surface area is 148 Å². The third kappa shape index (κ3) is 2.82. The fourth-order valence-corrected chi connectivity index (χ4v) is 3.06. The lowest BCUT2D eigenvalue weighted by Crippen LogP contribution is -2.04. The van der Waals surface area contributed by atoms with Crippen LogP contribution in [0.25, 0.3) is 11.6 Å². The van der Waals surface area contributed by atoms with Crippen LogP contribution < -0.4 is 0 Å². The molecule has 6 heteroatoms. The van der Waals surface area contributed by atoms with E-state index in [1.54, 1.807) is 0 Å². The second-order valence-corrected chi connectivity index (χ2v) is 6.63. The Bertz CT molecular complexity index is 924. The second-order valence-electron chi connectivity index (χ2n) is 5.77. The summed E-state index contributed by atoms with van der Waals surface area (Å²) in [5, 5.41) is 8.05. The molecule has 0 saturated heterocycles. The van der Waals surface area contributed by atoms with Crippen molar-refractivity contribution < 1.29 is 9.21 Å². The first-order chi connectivity index (χ1) is 11.4. The van der Waals surface area contributed by atoms with Gasteiger partial charge in [0, 0.05) is 27.7 Å². The van der Waals surface area contributed by atoms with Crippen molar-refractivity contribution in [1.29, 1.82) is 0 Å². The summed E-state index contributed by atoms with van der Waals surface area (Å²) in [6.07, 6.45) is 0.676. The molecule has 124 valence electrons. The summed E-state index contributed by atoms with van der Waals surface area (Å²) in [4.78, 5) is 16.2. The Morgan fingerprint density at radius 3 is 2.62 bits per heavy atom. The zero-order valence-electron chi connectivity index (χ0n) is 14.0. The Morgan fingerprint density at radius 1 is 1.25 bits per heavy atom. The summed E-state index contributed by atoms with van der Waals surface area (Å²) in [7, 11) is 0. The highest BCUT2D eigenvalue weighted by Crippen LogP contribution is 2.29. The van der Waals surface area contributed by atoms with Gasteiger partial charge in [-0.1, -0.05) is 35.0 Å². The van der Waals surface area contributed by atoms with E-state index >= 15 is 0 Å². The van der Waals surface area contributed by atoms with E-state index < -0.39 is 0 Å². The van der Waals surface area contributed by atoms with Crippen molar-refractivity contribution in [2.45, 2.75) is 34.1 Å². The molecule has 0 aliphatic heterocycles. The van der Waals surface area contributed by atoms with E-state index in [1.165, 1.54) is 0 Å². The Kier molecular flexibility index (Phi) is 4.41. The van der Waals surface area contributed by atoms with Gasteiger partial charge in [-0.3, -0.25) is 4.79 Å². The molecule has 0 aliphatic carbocycles. The van der Waals surface area contributed by atoms with E-state index in [4.69, 9.17) is 4.42 Å². The predicted molar refractivity (Wildman–Crippen MR) is 95.2 cm³/mol. The number of nitrogens with zero attached hydrogens (tertiary/aromatic N) is 2. The van der Waals surface area contributed by atoms with Crippen LogP contribution in [0, 0.1) is 20.8 Å². The van der Waals surface area contributed by atoms with Gasteiger partial charge in [0.05, 0.1) is 0 Å². The number of aryl methyl sites for hydroxylation is 3. The van der Waals surface area contributed by atoms with E-state index in [2.05, 4.69) is 31.1 Å². The molecule has 3 rings (SSSR count). The Morgan fingerprint density at radius 2 is 2.00 bits per heavy atom. The molecule has 0 saturated carbocycles. The summed E-state index contributed by atoms with van der Waals surface area (Å²) in [5.41, 5.74) is 4.70. The molecule has 2 heterocycles. The molecule has 2 aromatic heterocycles. The van der Waals surface area contributed by atoms with Gasteiger partial charge in [-0.05, 0) is 38.0 Å². The number of carbonyl (C=O) groups is 1. The first-order valence-electron chi connectivity index (χ1n) is 7.75. The van der Waals surface area contributed by atoms with Crippen molar-refractivity contribution in [2.75, 3.05) is 0 Å². The van der Waals surface area contributed by atoms with Crippen molar-refractivity contribution in [2.24, 2.45) is 0 Å². The topological polar surface area (TPSA) is 71.8 Å². The third-order valence-corrected chi connectivity index (χ3v) is 4.94. The monoisotopic (exact) mass is 387 g/mol. The fourth-order valence-electron chi connectivity index (χ4n) is 2.68. The van der Waals surface area contributed by atoms with Gasteiger partial charge in [0.1, 0.15) is 5.69 Å². The highest BCUT2D eigenvalue weighted by molar-refractivity contribution is 9.10. The summed E-state index contributed by atoms with van der Waals surface area (Å²) < 4.78 is 6.54. The zero-order valence-corrected chi connectivity index (χ0v) is 15.6. The zero-order chi connectivity index (χ0) is 17.4. The first kappa shape index (κ1) is 16.6. The maximum absolute atomic E-state index is 13.0. The van der Waals surface area contributed by atoms with E-state index in [0.717, 1.165) is 21.3 Å². The van der Waals surface area contributed by atoms with E-state index in [9.17, 15) is 4.79 Å². The van der Waals surface area contributed by atoms with E-state index in [1.807, 2.05) is 45.9 Å². The number of rotatable bonds is 4. The van der Waals surface area contributed by atoms with Crippen LogP contribution in [-0.2, 0) is 6.42 Å². The summed E-state index contributed by atoms with van der Waals surface area (Å²) in [6.45, 7) is 7.72. The molecule has 0 radical (unpaired) electrons. The molecule has 1 aromatic carbocycles. The van der Waals surface area contributed by atoms with Crippen LogP contribution in [0.4, 0.5) is 0 Å². The average Bonchev–Trinajstić information content (AvgIpc) is 3.14. The summed E-state index contributed by atoms with van der Waals surface area (Å²) in [6, 6.07) is 5.63. The van der Waals surface area contributed by atoms with Gasteiger partial charge < -0.3 is 9.40 Å². The number of ketones is 1. The van der Waals surface area contributed by atoms with Gasteiger partial charge >= 0.3 is 0 Å². The SMILES string of the molecule is CCc1nnc(-c2[nH]c(C)c(C(=O)c3ccc(C)c(Br)c3)c2C)o1. The largest absolute Gasteiger partial charge is 0.419 e. The molecule has 0 aliphatic rings. The van der Waals surface area contributed by atoms with Gasteiger partial charge in [-0.15, -0.1) is 10.2 Å². The number of aromatic amines is 1. The molecule has 5 nitrogen and oxygen atoms in total. The summed E-state index contributed by atoms with van der Waals surface area (Å²) >= 11 is 3.48. The molecule has 0 amide bonds. The van der Waals surface area contributed by atoms with Crippen LogP contribution in [0.3, 0.4) is 0 Å². The molecule has 0 fully saturated rings. The lowest BCUT2D eigenvalue weighted by atomic mass is 9.99. The second kappa shape index (κ2) is 6.36. The van der Waals surface area contributed by atoms with Crippen molar-refractivity contribution in [3.05, 3.63) is 56.5 Å². The van der Waals surface area contributed by atoms with Crippen LogP contribution >= 0.6 is 15.9 Å². The van der Waals surface area contributed by atoms with Crippen LogP contribution in [-0.4, -0.2) is 21.0 Å². The molecule has 24 heavy (non-hydrogen) atoms. The van der Waals surface area contributed by atoms with Crippen LogP contribution in [0.5, 0.6) is 0 Å². The van der Waals surface area contributed by atoms with Crippen LogP contribution in [0.1, 0.15) is 45.6 Å². The molecule has 0 unspecified atom stereocenters. The van der Waals surface area contributed by atoms with E-state index in [-0.39, 0.29) is 5.78 Å². The molecular weight excluding hydrogens is 370 g/mol. The number of benzene rings is 1. The Balaban J connectivity index is 2.05. The third-order valence-electron chi connectivity index (χ3n) is 4.08. The van der Waals surface area contributed by atoms with Gasteiger partial charge in [-0.2, -0.15) is 0 Å². The number of carbonyl (C=O) groups excluding carboxylic acids is 1. The normalized spacial score (nSPS) is 11.0. The molecule has 1 N–H and O–H groups in total. The highest BCUT2D eigenvalue weighted by Gasteiger charge is 2.23. The standard InChI is InChI=1S/C18H18BrN3O2/c1-5-14-21-22-18(24-14)16-10(3)15(11(4)20-16)17(23)12-7-6-9(2)13(19)8-12/h6-8,20H,5H2,1-4H3. The van der Waals surface area contributed by atoms with Crippen LogP contribution in [0.2, 0.25) is 0 Å². The van der Waals surface area contributed by atoms with E-state index in [0.29, 0.717) is 35.0 Å². The predicted octanol–water partition coefficient (Wildman–Crippen LogP) is 4.55. The van der Waals surface area contributed by atoms with Crippen LogP contribution in [0.15, 0.2) is 27.1 Å². The van der Waals surface area contributed by atoms with Crippen molar-refractivity contribution >= 4 is 21.7 Å². The summed E-state index contributed by atoms with van der Waals surface area (Å²) in [5.74, 6) is 0.965. The number of nitrogens with one attached hydrogen (secondary N) is 1. The van der Waals surface area contributed by atoms with Crippen molar-refractivity contribution in [1.82, 2.24) is 15.2 Å². The lowest BCUT2D eigenvalue weighted by molar-refractivity contribution is 0.103. The maximum atomic E-state index is 13.0.